The standard InChI is InChI=1S/C14H9FN2O/c15-12-8-4-7-11(9-12)14-16-13(17-18-14)10-5-2-1-3-6-10/h1-9H. The molecule has 3 rings (SSSR count). The molecule has 0 bridgehead atoms. The molecule has 0 N–H and O–H groups in total. The van der Waals surface area contributed by atoms with Crippen LogP contribution in [0.4, 0.5) is 4.39 Å². The summed E-state index contributed by atoms with van der Waals surface area (Å²) >= 11 is 0. The van der Waals surface area contributed by atoms with Gasteiger partial charge in [0.2, 0.25) is 5.82 Å². The van der Waals surface area contributed by atoms with Crippen molar-refractivity contribution in [1.29, 1.82) is 0 Å². The van der Waals surface area contributed by atoms with E-state index in [-0.39, 0.29) is 5.82 Å². The van der Waals surface area contributed by atoms with E-state index in [0.29, 0.717) is 17.3 Å². The highest BCUT2D eigenvalue weighted by molar-refractivity contribution is 5.59. The molecule has 0 spiro atoms. The van der Waals surface area contributed by atoms with Crippen LogP contribution in [0.25, 0.3) is 22.8 Å². The van der Waals surface area contributed by atoms with Crippen LogP contribution in [0.5, 0.6) is 0 Å². The first kappa shape index (κ1) is 10.7. The summed E-state index contributed by atoms with van der Waals surface area (Å²) in [6, 6.07) is 15.6. The number of benzene rings is 2. The van der Waals surface area contributed by atoms with E-state index in [4.69, 9.17) is 4.52 Å². The molecule has 0 aliphatic heterocycles. The molecular weight excluding hydrogens is 231 g/mol. The van der Waals surface area contributed by atoms with Gasteiger partial charge in [-0.1, -0.05) is 41.6 Å². The minimum atomic E-state index is -0.327. The largest absolute Gasteiger partial charge is 0.334 e. The number of nitrogens with zero attached hydrogens (tertiary/aromatic N) is 2. The van der Waals surface area contributed by atoms with Crippen molar-refractivity contribution < 1.29 is 8.91 Å². The highest BCUT2D eigenvalue weighted by Gasteiger charge is 2.10. The fraction of sp³-hybridized carbons (Fsp3) is 0. The Balaban J connectivity index is 2.00. The second-order valence-corrected chi connectivity index (χ2v) is 3.80. The zero-order valence-electron chi connectivity index (χ0n) is 9.38. The summed E-state index contributed by atoms with van der Waals surface area (Å²) in [5, 5.41) is 3.88. The summed E-state index contributed by atoms with van der Waals surface area (Å²) in [7, 11) is 0. The van der Waals surface area contributed by atoms with E-state index in [1.54, 1.807) is 12.1 Å². The van der Waals surface area contributed by atoms with Crippen molar-refractivity contribution in [3.05, 3.63) is 60.4 Å². The fourth-order valence-corrected chi connectivity index (χ4v) is 1.67. The molecule has 18 heavy (non-hydrogen) atoms. The van der Waals surface area contributed by atoms with Crippen molar-refractivity contribution in [3.8, 4) is 22.8 Å². The molecule has 0 aliphatic rings. The molecular formula is C14H9FN2O. The van der Waals surface area contributed by atoms with E-state index in [9.17, 15) is 4.39 Å². The molecule has 4 heteroatoms. The summed E-state index contributed by atoms with van der Waals surface area (Å²) in [6.07, 6.45) is 0. The Hall–Kier alpha value is -2.49. The number of rotatable bonds is 2. The van der Waals surface area contributed by atoms with Gasteiger partial charge in [-0.25, -0.2) is 4.39 Å². The van der Waals surface area contributed by atoms with Crippen LogP contribution >= 0.6 is 0 Å². The second kappa shape index (κ2) is 4.41. The third-order valence-corrected chi connectivity index (χ3v) is 2.53. The van der Waals surface area contributed by atoms with E-state index >= 15 is 0 Å². The molecule has 0 amide bonds. The molecule has 0 aliphatic carbocycles. The van der Waals surface area contributed by atoms with Crippen LogP contribution in [0.1, 0.15) is 0 Å². The van der Waals surface area contributed by atoms with Crippen LogP contribution in [0.2, 0.25) is 0 Å². The predicted molar refractivity (Wildman–Crippen MR) is 65.1 cm³/mol. The van der Waals surface area contributed by atoms with Crippen molar-refractivity contribution in [3.63, 3.8) is 0 Å². The Kier molecular flexibility index (Phi) is 2.61. The molecule has 1 heterocycles. The lowest BCUT2D eigenvalue weighted by Gasteiger charge is -1.93. The van der Waals surface area contributed by atoms with E-state index in [0.717, 1.165) is 5.56 Å². The lowest BCUT2D eigenvalue weighted by atomic mass is 10.2. The number of hydrogen-bond donors (Lipinski definition) is 0. The molecule has 2 aromatic carbocycles. The lowest BCUT2D eigenvalue weighted by Crippen LogP contribution is -1.81. The summed E-state index contributed by atoms with van der Waals surface area (Å²) in [5.74, 6) is 0.482. The maximum Gasteiger partial charge on any atom is 0.258 e. The number of hydrogen-bond acceptors (Lipinski definition) is 3. The molecule has 0 radical (unpaired) electrons. The van der Waals surface area contributed by atoms with Crippen molar-refractivity contribution in [1.82, 2.24) is 10.1 Å². The third-order valence-electron chi connectivity index (χ3n) is 2.53. The SMILES string of the molecule is Fc1cccc(-c2nc(-c3ccccc3)no2)c1. The van der Waals surface area contributed by atoms with Gasteiger partial charge in [-0.05, 0) is 18.2 Å². The zero-order chi connectivity index (χ0) is 12.4. The van der Waals surface area contributed by atoms with Crippen molar-refractivity contribution >= 4 is 0 Å². The molecule has 88 valence electrons. The first-order valence-electron chi connectivity index (χ1n) is 5.48. The highest BCUT2D eigenvalue weighted by Crippen LogP contribution is 2.22. The Bertz CT molecular complexity index is 664. The van der Waals surface area contributed by atoms with E-state index < -0.39 is 0 Å². The minimum absolute atomic E-state index is 0.313. The second-order valence-electron chi connectivity index (χ2n) is 3.80. The molecule has 0 saturated carbocycles. The number of aromatic nitrogens is 2. The van der Waals surface area contributed by atoms with Gasteiger partial charge < -0.3 is 4.52 Å². The first-order valence-corrected chi connectivity index (χ1v) is 5.48. The van der Waals surface area contributed by atoms with Gasteiger partial charge >= 0.3 is 0 Å². The molecule has 1 aromatic heterocycles. The van der Waals surface area contributed by atoms with E-state index in [1.807, 2.05) is 30.3 Å². The van der Waals surface area contributed by atoms with Crippen LogP contribution in [0, 0.1) is 5.82 Å². The quantitative estimate of drug-likeness (QED) is 0.687. The predicted octanol–water partition coefficient (Wildman–Crippen LogP) is 3.54. The van der Waals surface area contributed by atoms with Crippen LogP contribution in [0.3, 0.4) is 0 Å². The topological polar surface area (TPSA) is 38.9 Å². The van der Waals surface area contributed by atoms with E-state index in [2.05, 4.69) is 10.1 Å². The van der Waals surface area contributed by atoms with Gasteiger partial charge in [0.05, 0.1) is 0 Å². The highest BCUT2D eigenvalue weighted by atomic mass is 19.1. The monoisotopic (exact) mass is 240 g/mol. The average molecular weight is 240 g/mol. The smallest absolute Gasteiger partial charge is 0.258 e. The van der Waals surface area contributed by atoms with Crippen LogP contribution < -0.4 is 0 Å². The summed E-state index contributed by atoms with van der Waals surface area (Å²) in [5.41, 5.74) is 1.44. The molecule has 3 aromatic rings. The molecule has 3 nitrogen and oxygen atoms in total. The van der Waals surface area contributed by atoms with Gasteiger partial charge in [0.15, 0.2) is 0 Å². The first-order chi connectivity index (χ1) is 8.83. The molecule has 0 atom stereocenters. The zero-order valence-corrected chi connectivity index (χ0v) is 9.38. The minimum Gasteiger partial charge on any atom is -0.334 e. The maximum atomic E-state index is 13.1. The van der Waals surface area contributed by atoms with Crippen LogP contribution in [-0.4, -0.2) is 10.1 Å². The Labute approximate surface area is 103 Å². The van der Waals surface area contributed by atoms with Crippen molar-refractivity contribution in [2.75, 3.05) is 0 Å². The molecule has 0 fully saturated rings. The third kappa shape index (κ3) is 2.00. The normalized spacial score (nSPS) is 10.5. The fourth-order valence-electron chi connectivity index (χ4n) is 1.67. The van der Waals surface area contributed by atoms with Gasteiger partial charge in [-0.15, -0.1) is 0 Å². The summed E-state index contributed by atoms with van der Waals surface area (Å²) in [6.45, 7) is 0. The Morgan fingerprint density at radius 3 is 2.44 bits per heavy atom. The summed E-state index contributed by atoms with van der Waals surface area (Å²) < 4.78 is 18.2. The van der Waals surface area contributed by atoms with Crippen molar-refractivity contribution in [2.45, 2.75) is 0 Å². The van der Waals surface area contributed by atoms with Crippen LogP contribution in [-0.2, 0) is 0 Å². The van der Waals surface area contributed by atoms with Gasteiger partial charge in [0, 0.05) is 11.1 Å². The van der Waals surface area contributed by atoms with Gasteiger partial charge in [0.1, 0.15) is 5.82 Å². The Morgan fingerprint density at radius 2 is 1.67 bits per heavy atom. The Morgan fingerprint density at radius 1 is 0.889 bits per heavy atom. The van der Waals surface area contributed by atoms with Gasteiger partial charge in [0.25, 0.3) is 5.89 Å². The average Bonchev–Trinajstić information content (AvgIpc) is 2.89. The maximum absolute atomic E-state index is 13.1. The van der Waals surface area contributed by atoms with Crippen molar-refractivity contribution in [2.24, 2.45) is 0 Å². The summed E-state index contributed by atoms with van der Waals surface area (Å²) in [4.78, 5) is 4.25. The van der Waals surface area contributed by atoms with E-state index in [1.165, 1.54) is 12.1 Å². The van der Waals surface area contributed by atoms with Gasteiger partial charge in [-0.2, -0.15) is 4.98 Å². The molecule has 0 unspecified atom stereocenters. The van der Waals surface area contributed by atoms with Crippen LogP contribution in [0.15, 0.2) is 59.1 Å². The lowest BCUT2D eigenvalue weighted by molar-refractivity contribution is 0.432. The number of halogens is 1. The molecule has 0 saturated heterocycles. The van der Waals surface area contributed by atoms with Gasteiger partial charge in [-0.3, -0.25) is 0 Å².